The van der Waals surface area contributed by atoms with Gasteiger partial charge in [0.15, 0.2) is 0 Å². The molecule has 2 unspecified atom stereocenters. The van der Waals surface area contributed by atoms with Crippen LogP contribution in [0, 0.1) is 17.2 Å². The first-order chi connectivity index (χ1) is 11.5. The lowest BCUT2D eigenvalue weighted by Gasteiger charge is -2.24. The molecule has 6 nitrogen and oxygen atoms in total. The van der Waals surface area contributed by atoms with E-state index in [0.29, 0.717) is 25.1 Å². The van der Waals surface area contributed by atoms with Gasteiger partial charge in [-0.1, -0.05) is 25.5 Å². The summed E-state index contributed by atoms with van der Waals surface area (Å²) < 4.78 is 5.30. The van der Waals surface area contributed by atoms with E-state index in [1.165, 1.54) is 0 Å². The van der Waals surface area contributed by atoms with Crippen molar-refractivity contribution in [3.05, 3.63) is 35.4 Å². The molecule has 1 heterocycles. The topological polar surface area (TPSA) is 90.6 Å². The number of carboxylic acids is 1. The lowest BCUT2D eigenvalue weighted by molar-refractivity contribution is -0.138. The zero-order valence-corrected chi connectivity index (χ0v) is 13.8. The number of ether oxygens (including phenoxy) is 1. The second-order valence-corrected chi connectivity index (χ2v) is 6.07. The van der Waals surface area contributed by atoms with Crippen LogP contribution < -0.4 is 0 Å². The molecule has 2 rings (SSSR count). The van der Waals surface area contributed by atoms with E-state index in [1.807, 2.05) is 19.1 Å². The number of hydrogen-bond donors (Lipinski definition) is 1. The Hall–Kier alpha value is -2.55. The number of carbonyl (C=O) groups excluding carboxylic acids is 1. The monoisotopic (exact) mass is 330 g/mol. The van der Waals surface area contributed by atoms with Crippen molar-refractivity contribution in [3.8, 4) is 6.07 Å². The summed E-state index contributed by atoms with van der Waals surface area (Å²) in [5, 5.41) is 17.9. The molecule has 0 bridgehead atoms. The molecule has 1 aliphatic heterocycles. The Balaban J connectivity index is 2.14. The number of nitriles is 1. The van der Waals surface area contributed by atoms with Crippen LogP contribution in [0.25, 0.3) is 0 Å². The molecule has 1 fully saturated rings. The van der Waals surface area contributed by atoms with Gasteiger partial charge in [-0.15, -0.1) is 0 Å². The summed E-state index contributed by atoms with van der Waals surface area (Å²) in [6.45, 7) is 2.77. The number of likely N-dealkylation sites (tertiary alicyclic amines) is 1. The zero-order valence-electron chi connectivity index (χ0n) is 13.8. The van der Waals surface area contributed by atoms with E-state index in [4.69, 9.17) is 15.1 Å². The Labute approximate surface area is 141 Å². The van der Waals surface area contributed by atoms with Gasteiger partial charge in [-0.05, 0) is 36.5 Å². The highest BCUT2D eigenvalue weighted by Crippen LogP contribution is 2.37. The van der Waals surface area contributed by atoms with E-state index in [-0.39, 0.29) is 18.4 Å². The standard InChI is InChI=1S/C18H22N2O4/c1-2-3-8-24-18(23)20-12-14(10-17(21)22)9-16(20)15-6-4-13(11-19)5-7-15/h4-7,14,16H,2-3,8-10,12H2,1H3,(H,21,22). The van der Waals surface area contributed by atoms with Gasteiger partial charge >= 0.3 is 12.1 Å². The highest BCUT2D eigenvalue weighted by Gasteiger charge is 2.37. The molecule has 1 aromatic carbocycles. The van der Waals surface area contributed by atoms with Crippen molar-refractivity contribution < 1.29 is 19.4 Å². The summed E-state index contributed by atoms with van der Waals surface area (Å²) in [5.74, 6) is -0.957. The maximum Gasteiger partial charge on any atom is 0.410 e. The average molecular weight is 330 g/mol. The van der Waals surface area contributed by atoms with Crippen molar-refractivity contribution in [1.29, 1.82) is 5.26 Å². The van der Waals surface area contributed by atoms with Crippen molar-refractivity contribution in [3.63, 3.8) is 0 Å². The van der Waals surface area contributed by atoms with Gasteiger partial charge in [0.1, 0.15) is 0 Å². The van der Waals surface area contributed by atoms with Crippen LogP contribution >= 0.6 is 0 Å². The van der Waals surface area contributed by atoms with E-state index in [2.05, 4.69) is 6.07 Å². The Morgan fingerprint density at radius 1 is 1.38 bits per heavy atom. The van der Waals surface area contributed by atoms with Crippen LogP contribution in [0.4, 0.5) is 4.79 Å². The lowest BCUT2D eigenvalue weighted by Crippen LogP contribution is -2.32. The second-order valence-electron chi connectivity index (χ2n) is 6.07. The van der Waals surface area contributed by atoms with Crippen molar-refractivity contribution in [2.24, 2.45) is 5.92 Å². The first kappa shape index (κ1) is 17.8. The van der Waals surface area contributed by atoms with E-state index in [0.717, 1.165) is 18.4 Å². The Morgan fingerprint density at radius 3 is 2.67 bits per heavy atom. The minimum atomic E-state index is -0.861. The number of carbonyl (C=O) groups is 2. The molecular formula is C18H22N2O4. The van der Waals surface area contributed by atoms with Crippen LogP contribution in [0.15, 0.2) is 24.3 Å². The van der Waals surface area contributed by atoms with Crippen molar-refractivity contribution >= 4 is 12.1 Å². The number of aliphatic carboxylic acids is 1. The number of nitrogens with zero attached hydrogens (tertiary/aromatic N) is 2. The van der Waals surface area contributed by atoms with Gasteiger partial charge in [0, 0.05) is 13.0 Å². The van der Waals surface area contributed by atoms with E-state index >= 15 is 0 Å². The Morgan fingerprint density at radius 2 is 2.08 bits per heavy atom. The summed E-state index contributed by atoms with van der Waals surface area (Å²) in [5.41, 5.74) is 1.45. The van der Waals surface area contributed by atoms with Gasteiger partial charge in [-0.3, -0.25) is 4.79 Å². The van der Waals surface area contributed by atoms with Gasteiger partial charge in [-0.2, -0.15) is 5.26 Å². The molecule has 1 N–H and O–H groups in total. The Bertz CT molecular complexity index is 621. The first-order valence-electron chi connectivity index (χ1n) is 8.20. The van der Waals surface area contributed by atoms with Crippen LogP contribution in [0.2, 0.25) is 0 Å². The van der Waals surface area contributed by atoms with Gasteiger partial charge in [0.2, 0.25) is 0 Å². The molecule has 0 radical (unpaired) electrons. The van der Waals surface area contributed by atoms with Crippen LogP contribution in [-0.2, 0) is 9.53 Å². The van der Waals surface area contributed by atoms with Gasteiger partial charge in [0.25, 0.3) is 0 Å². The molecular weight excluding hydrogens is 308 g/mol. The van der Waals surface area contributed by atoms with Gasteiger partial charge in [0.05, 0.1) is 24.3 Å². The molecule has 128 valence electrons. The minimum Gasteiger partial charge on any atom is -0.481 e. The molecule has 6 heteroatoms. The zero-order chi connectivity index (χ0) is 17.5. The molecule has 1 aromatic rings. The Kier molecular flexibility index (Phi) is 6.19. The molecule has 0 aromatic heterocycles. The fraction of sp³-hybridized carbons (Fsp3) is 0.500. The van der Waals surface area contributed by atoms with Gasteiger partial charge < -0.3 is 14.7 Å². The number of amides is 1. The summed E-state index contributed by atoms with van der Waals surface area (Å²) in [6, 6.07) is 8.91. The molecule has 1 amide bonds. The van der Waals surface area contributed by atoms with Crippen molar-refractivity contribution in [2.75, 3.05) is 13.2 Å². The summed E-state index contributed by atoms with van der Waals surface area (Å²) in [4.78, 5) is 25.0. The smallest absolute Gasteiger partial charge is 0.410 e. The fourth-order valence-electron chi connectivity index (χ4n) is 3.00. The maximum absolute atomic E-state index is 12.4. The lowest BCUT2D eigenvalue weighted by atomic mass is 9.97. The third kappa shape index (κ3) is 4.48. The predicted molar refractivity (Wildman–Crippen MR) is 87.2 cm³/mol. The van der Waals surface area contributed by atoms with Crippen molar-refractivity contribution in [2.45, 2.75) is 38.6 Å². The van der Waals surface area contributed by atoms with Crippen LogP contribution in [0.1, 0.15) is 49.8 Å². The highest BCUT2D eigenvalue weighted by molar-refractivity contribution is 5.70. The first-order valence-corrected chi connectivity index (χ1v) is 8.20. The normalized spacial score (nSPS) is 19.8. The SMILES string of the molecule is CCCCOC(=O)N1CC(CC(=O)O)CC1c1ccc(C#N)cc1. The van der Waals surface area contributed by atoms with Crippen LogP contribution in [0.3, 0.4) is 0 Å². The second kappa shape index (κ2) is 8.34. The third-order valence-corrected chi connectivity index (χ3v) is 4.23. The number of hydrogen-bond acceptors (Lipinski definition) is 4. The quantitative estimate of drug-likeness (QED) is 0.808. The molecule has 2 atom stereocenters. The average Bonchev–Trinajstić information content (AvgIpc) is 2.98. The molecule has 0 saturated carbocycles. The van der Waals surface area contributed by atoms with E-state index in [9.17, 15) is 9.59 Å². The van der Waals surface area contributed by atoms with Crippen LogP contribution in [-0.4, -0.2) is 35.2 Å². The molecule has 0 spiro atoms. The number of benzene rings is 1. The number of carboxylic acid groups (broad SMARTS) is 1. The molecule has 0 aliphatic carbocycles. The number of rotatable bonds is 6. The maximum atomic E-state index is 12.4. The summed E-state index contributed by atoms with van der Waals surface area (Å²) in [7, 11) is 0. The summed E-state index contributed by atoms with van der Waals surface area (Å²) in [6.07, 6.45) is 1.96. The fourth-order valence-corrected chi connectivity index (χ4v) is 3.00. The highest BCUT2D eigenvalue weighted by atomic mass is 16.6. The largest absolute Gasteiger partial charge is 0.481 e. The molecule has 24 heavy (non-hydrogen) atoms. The molecule has 1 aliphatic rings. The predicted octanol–water partition coefficient (Wildman–Crippen LogP) is 3.33. The van der Waals surface area contributed by atoms with Crippen LogP contribution in [0.5, 0.6) is 0 Å². The van der Waals surface area contributed by atoms with Gasteiger partial charge in [-0.25, -0.2) is 4.79 Å². The van der Waals surface area contributed by atoms with E-state index < -0.39 is 12.1 Å². The summed E-state index contributed by atoms with van der Waals surface area (Å²) >= 11 is 0. The molecule has 1 saturated heterocycles. The van der Waals surface area contributed by atoms with E-state index in [1.54, 1.807) is 17.0 Å². The van der Waals surface area contributed by atoms with Crippen molar-refractivity contribution in [1.82, 2.24) is 4.90 Å². The third-order valence-electron chi connectivity index (χ3n) is 4.23. The minimum absolute atomic E-state index is 0.0333. The number of unbranched alkanes of at least 4 members (excludes halogenated alkanes) is 1.